The Balaban J connectivity index is 2.09. The fourth-order valence-electron chi connectivity index (χ4n) is 2.08. The number of nitrogen functional groups attached to an aromatic ring is 1. The van der Waals surface area contributed by atoms with Gasteiger partial charge in [0.1, 0.15) is 5.82 Å². The van der Waals surface area contributed by atoms with Crippen molar-refractivity contribution in [1.82, 2.24) is 9.88 Å². The molecule has 0 bridgehead atoms. The van der Waals surface area contributed by atoms with Gasteiger partial charge in [-0.15, -0.1) is 0 Å². The van der Waals surface area contributed by atoms with E-state index in [1.165, 1.54) is 0 Å². The van der Waals surface area contributed by atoms with Crippen LogP contribution in [0.4, 0.5) is 11.5 Å². The molecule has 4 nitrogen and oxygen atoms in total. The summed E-state index contributed by atoms with van der Waals surface area (Å²) < 4.78 is 0. The number of anilines is 2. The van der Waals surface area contributed by atoms with E-state index in [1.807, 2.05) is 18.2 Å². The van der Waals surface area contributed by atoms with Crippen molar-refractivity contribution in [1.29, 1.82) is 0 Å². The Hall–Kier alpha value is -1.81. The average molecular weight is 258 g/mol. The van der Waals surface area contributed by atoms with Crippen molar-refractivity contribution in [3.05, 3.63) is 30.3 Å². The molecule has 0 saturated heterocycles. The van der Waals surface area contributed by atoms with Crippen LogP contribution in [-0.4, -0.2) is 44.1 Å². The van der Waals surface area contributed by atoms with Crippen molar-refractivity contribution in [2.24, 2.45) is 0 Å². The van der Waals surface area contributed by atoms with Gasteiger partial charge in [-0.1, -0.05) is 0 Å². The molecule has 1 aromatic heterocycles. The van der Waals surface area contributed by atoms with Crippen molar-refractivity contribution in [2.75, 3.05) is 44.9 Å². The minimum absolute atomic E-state index is 0.779. The molecule has 102 valence electrons. The highest BCUT2D eigenvalue weighted by atomic mass is 15.2. The number of fused-ring (bicyclic) bond motifs is 1. The van der Waals surface area contributed by atoms with Crippen LogP contribution in [0.3, 0.4) is 0 Å². The smallest absolute Gasteiger partial charge is 0.128 e. The van der Waals surface area contributed by atoms with Crippen LogP contribution in [-0.2, 0) is 0 Å². The topological polar surface area (TPSA) is 45.4 Å². The molecule has 0 atom stereocenters. The molecule has 0 radical (unpaired) electrons. The Labute approximate surface area is 114 Å². The van der Waals surface area contributed by atoms with Crippen LogP contribution >= 0.6 is 0 Å². The maximum atomic E-state index is 5.77. The van der Waals surface area contributed by atoms with Gasteiger partial charge in [0.2, 0.25) is 0 Å². The molecule has 0 unspecified atom stereocenters. The van der Waals surface area contributed by atoms with Gasteiger partial charge in [0.05, 0.1) is 5.52 Å². The summed E-state index contributed by atoms with van der Waals surface area (Å²) in [5, 5.41) is 1.09. The molecule has 0 saturated carbocycles. The first-order valence-electron chi connectivity index (χ1n) is 6.58. The molecule has 0 aliphatic rings. The highest BCUT2D eigenvalue weighted by Gasteiger charge is 2.04. The molecule has 19 heavy (non-hydrogen) atoms. The number of rotatable bonds is 5. The number of benzene rings is 1. The van der Waals surface area contributed by atoms with E-state index in [0.717, 1.165) is 41.9 Å². The van der Waals surface area contributed by atoms with Crippen LogP contribution in [0.2, 0.25) is 0 Å². The Morgan fingerprint density at radius 3 is 2.58 bits per heavy atom. The SMILES string of the molecule is CN(C)CCCN(C)c1ccc2cc(N)ccc2n1. The first kappa shape index (κ1) is 13.6. The summed E-state index contributed by atoms with van der Waals surface area (Å²) in [5.74, 6) is 1.01. The van der Waals surface area contributed by atoms with Crippen LogP contribution in [0, 0.1) is 0 Å². The molecule has 0 aliphatic carbocycles. The third kappa shape index (κ3) is 3.58. The summed E-state index contributed by atoms with van der Waals surface area (Å²) in [6.45, 7) is 2.10. The lowest BCUT2D eigenvalue weighted by Gasteiger charge is -2.19. The van der Waals surface area contributed by atoms with Crippen LogP contribution in [0.5, 0.6) is 0 Å². The molecular weight excluding hydrogens is 236 g/mol. The normalized spacial score (nSPS) is 11.2. The highest BCUT2D eigenvalue weighted by molar-refractivity contribution is 5.83. The predicted octanol–water partition coefficient (Wildman–Crippen LogP) is 2.20. The average Bonchev–Trinajstić information content (AvgIpc) is 2.37. The minimum Gasteiger partial charge on any atom is -0.399 e. The minimum atomic E-state index is 0.779. The maximum Gasteiger partial charge on any atom is 0.128 e. The van der Waals surface area contributed by atoms with Crippen LogP contribution in [0.1, 0.15) is 6.42 Å². The molecule has 0 aliphatic heterocycles. The lowest BCUT2D eigenvalue weighted by Crippen LogP contribution is -2.23. The number of aromatic nitrogens is 1. The molecule has 0 fully saturated rings. The first-order chi connectivity index (χ1) is 9.06. The molecule has 2 rings (SSSR count). The third-order valence-corrected chi connectivity index (χ3v) is 3.19. The van der Waals surface area contributed by atoms with Gasteiger partial charge in [0, 0.05) is 24.7 Å². The largest absolute Gasteiger partial charge is 0.399 e. The first-order valence-corrected chi connectivity index (χ1v) is 6.58. The maximum absolute atomic E-state index is 5.77. The number of nitrogens with two attached hydrogens (primary N) is 1. The van der Waals surface area contributed by atoms with E-state index in [1.54, 1.807) is 0 Å². The van der Waals surface area contributed by atoms with Gasteiger partial charge in [-0.3, -0.25) is 0 Å². The fourth-order valence-corrected chi connectivity index (χ4v) is 2.08. The summed E-state index contributed by atoms with van der Waals surface area (Å²) in [4.78, 5) is 9.06. The molecule has 1 aromatic carbocycles. The Morgan fingerprint density at radius 2 is 1.84 bits per heavy atom. The van der Waals surface area contributed by atoms with Gasteiger partial charge in [-0.05, 0) is 57.4 Å². The molecule has 0 amide bonds. The Kier molecular flexibility index (Phi) is 4.22. The van der Waals surface area contributed by atoms with Crippen LogP contribution < -0.4 is 10.6 Å². The molecular formula is C15H22N4. The summed E-state index contributed by atoms with van der Waals surface area (Å²) >= 11 is 0. The van der Waals surface area contributed by atoms with Gasteiger partial charge >= 0.3 is 0 Å². The predicted molar refractivity (Wildman–Crippen MR) is 82.6 cm³/mol. The summed E-state index contributed by atoms with van der Waals surface area (Å²) in [7, 11) is 6.28. The highest BCUT2D eigenvalue weighted by Crippen LogP contribution is 2.19. The quantitative estimate of drug-likeness (QED) is 0.835. The van der Waals surface area contributed by atoms with Gasteiger partial charge in [0.25, 0.3) is 0 Å². The third-order valence-electron chi connectivity index (χ3n) is 3.19. The summed E-state index contributed by atoms with van der Waals surface area (Å²) in [5.41, 5.74) is 7.54. The van der Waals surface area contributed by atoms with Gasteiger partial charge in [-0.25, -0.2) is 4.98 Å². The fraction of sp³-hybridized carbons (Fsp3) is 0.400. The van der Waals surface area contributed by atoms with Gasteiger partial charge < -0.3 is 15.5 Å². The number of pyridine rings is 1. The molecule has 1 heterocycles. The van der Waals surface area contributed by atoms with E-state index in [2.05, 4.69) is 48.1 Å². The second-order valence-corrected chi connectivity index (χ2v) is 5.20. The number of nitrogens with zero attached hydrogens (tertiary/aromatic N) is 3. The van der Waals surface area contributed by atoms with Crippen LogP contribution in [0.25, 0.3) is 10.9 Å². The van der Waals surface area contributed by atoms with E-state index in [0.29, 0.717) is 0 Å². The van der Waals surface area contributed by atoms with Crippen molar-refractivity contribution in [3.63, 3.8) is 0 Å². The van der Waals surface area contributed by atoms with E-state index < -0.39 is 0 Å². The number of hydrogen-bond donors (Lipinski definition) is 1. The lowest BCUT2D eigenvalue weighted by molar-refractivity contribution is 0.401. The standard InChI is InChI=1S/C15H22N4/c1-18(2)9-4-10-19(3)15-8-5-12-11-13(16)6-7-14(12)17-15/h5-8,11H,4,9-10,16H2,1-3H3. The van der Waals surface area contributed by atoms with Gasteiger partial charge in [-0.2, -0.15) is 0 Å². The Bertz CT molecular complexity index is 551. The van der Waals surface area contributed by atoms with E-state index in [9.17, 15) is 0 Å². The summed E-state index contributed by atoms with van der Waals surface area (Å²) in [6, 6.07) is 9.96. The van der Waals surface area contributed by atoms with Crippen molar-refractivity contribution in [2.45, 2.75) is 6.42 Å². The zero-order valence-corrected chi connectivity index (χ0v) is 11.9. The van der Waals surface area contributed by atoms with E-state index >= 15 is 0 Å². The van der Waals surface area contributed by atoms with Crippen molar-refractivity contribution in [3.8, 4) is 0 Å². The lowest BCUT2D eigenvalue weighted by atomic mass is 10.2. The monoisotopic (exact) mass is 258 g/mol. The Morgan fingerprint density at radius 1 is 1.05 bits per heavy atom. The van der Waals surface area contributed by atoms with Crippen molar-refractivity contribution < 1.29 is 0 Å². The second kappa shape index (κ2) is 5.89. The zero-order chi connectivity index (χ0) is 13.8. The molecule has 0 spiro atoms. The molecule has 2 N–H and O–H groups in total. The second-order valence-electron chi connectivity index (χ2n) is 5.20. The zero-order valence-electron chi connectivity index (χ0n) is 11.9. The van der Waals surface area contributed by atoms with E-state index in [-0.39, 0.29) is 0 Å². The molecule has 4 heteroatoms. The van der Waals surface area contributed by atoms with Crippen molar-refractivity contribution >= 4 is 22.4 Å². The van der Waals surface area contributed by atoms with Crippen LogP contribution in [0.15, 0.2) is 30.3 Å². The molecule has 2 aromatic rings. The van der Waals surface area contributed by atoms with Gasteiger partial charge in [0.15, 0.2) is 0 Å². The summed E-state index contributed by atoms with van der Waals surface area (Å²) in [6.07, 6.45) is 1.13. The number of hydrogen-bond acceptors (Lipinski definition) is 4. The van der Waals surface area contributed by atoms with E-state index in [4.69, 9.17) is 5.73 Å².